The van der Waals surface area contributed by atoms with Crippen LogP contribution in [0.4, 0.5) is 0 Å². The van der Waals surface area contributed by atoms with Gasteiger partial charge in [-0.1, -0.05) is 68.4 Å². The van der Waals surface area contributed by atoms with Gasteiger partial charge in [0.05, 0.1) is 5.41 Å². The van der Waals surface area contributed by atoms with Crippen LogP contribution in [-0.2, 0) is 16.6 Å². The molecule has 0 spiro atoms. The number of rotatable bonds is 5. The fourth-order valence-electron chi connectivity index (χ4n) is 2.53. The maximum absolute atomic E-state index is 12.1. The van der Waals surface area contributed by atoms with E-state index in [-0.39, 0.29) is 5.24 Å². The largest absolute Gasteiger partial charge is 0.280 e. The van der Waals surface area contributed by atoms with Crippen LogP contribution in [-0.4, -0.2) is 5.24 Å². The van der Waals surface area contributed by atoms with Gasteiger partial charge < -0.3 is 0 Å². The van der Waals surface area contributed by atoms with Gasteiger partial charge >= 0.3 is 0 Å². The zero-order valence-corrected chi connectivity index (χ0v) is 13.5. The van der Waals surface area contributed by atoms with Crippen molar-refractivity contribution in [2.75, 3.05) is 0 Å². The van der Waals surface area contributed by atoms with Crippen molar-refractivity contribution >= 4 is 16.8 Å². The van der Waals surface area contributed by atoms with Gasteiger partial charge in [0.1, 0.15) is 0 Å². The molecular weight excluding hydrogens is 280 g/mol. The standard InChI is InChI=1S/C19H21ClO/c1-14(2)16-9-11-17(12-10-16)19(3,18(20)21)13-15-7-5-4-6-8-15/h4-12,14H,13H2,1-3H3. The molecule has 0 fully saturated rings. The summed E-state index contributed by atoms with van der Waals surface area (Å²) in [6, 6.07) is 18.2. The van der Waals surface area contributed by atoms with E-state index >= 15 is 0 Å². The Kier molecular flexibility index (Phi) is 4.84. The summed E-state index contributed by atoms with van der Waals surface area (Å²) in [7, 11) is 0. The fraction of sp³-hybridized carbons (Fsp3) is 0.316. The van der Waals surface area contributed by atoms with E-state index in [4.69, 9.17) is 11.6 Å². The molecule has 21 heavy (non-hydrogen) atoms. The summed E-state index contributed by atoms with van der Waals surface area (Å²) in [5.41, 5.74) is 2.65. The van der Waals surface area contributed by atoms with Gasteiger partial charge in [0, 0.05) is 0 Å². The molecule has 1 unspecified atom stereocenters. The van der Waals surface area contributed by atoms with Crippen molar-refractivity contribution in [2.45, 2.75) is 38.5 Å². The molecule has 2 rings (SSSR count). The molecule has 2 heteroatoms. The third-order valence-electron chi connectivity index (χ3n) is 4.05. The molecule has 0 saturated heterocycles. The minimum absolute atomic E-state index is 0.316. The zero-order valence-electron chi connectivity index (χ0n) is 12.8. The summed E-state index contributed by atoms with van der Waals surface area (Å²) >= 11 is 5.93. The van der Waals surface area contributed by atoms with Crippen molar-refractivity contribution in [1.82, 2.24) is 0 Å². The molecule has 0 saturated carbocycles. The van der Waals surface area contributed by atoms with Gasteiger partial charge in [0.15, 0.2) is 0 Å². The summed E-state index contributed by atoms with van der Waals surface area (Å²) in [6.45, 7) is 6.23. The molecule has 0 aliphatic heterocycles. The lowest BCUT2D eigenvalue weighted by Gasteiger charge is -2.26. The van der Waals surface area contributed by atoms with Crippen molar-refractivity contribution in [2.24, 2.45) is 0 Å². The van der Waals surface area contributed by atoms with E-state index in [1.807, 2.05) is 49.4 Å². The number of carbonyl (C=O) groups excluding carboxylic acids is 1. The Morgan fingerprint density at radius 1 is 1.05 bits per heavy atom. The normalized spacial score (nSPS) is 14.0. The zero-order chi connectivity index (χ0) is 15.5. The minimum atomic E-state index is -0.696. The average molecular weight is 301 g/mol. The Labute approximate surface area is 132 Å². The molecule has 0 aromatic heterocycles. The molecule has 0 aliphatic rings. The molecule has 0 radical (unpaired) electrons. The number of hydrogen-bond donors (Lipinski definition) is 0. The summed E-state index contributed by atoms with van der Waals surface area (Å²) < 4.78 is 0. The minimum Gasteiger partial charge on any atom is -0.280 e. The van der Waals surface area contributed by atoms with E-state index in [1.165, 1.54) is 5.56 Å². The third-order valence-corrected chi connectivity index (χ3v) is 4.47. The van der Waals surface area contributed by atoms with Gasteiger partial charge in [-0.05, 0) is 47.6 Å². The molecule has 1 nitrogen and oxygen atoms in total. The van der Waals surface area contributed by atoms with Crippen LogP contribution in [0.3, 0.4) is 0 Å². The van der Waals surface area contributed by atoms with E-state index in [2.05, 4.69) is 26.0 Å². The van der Waals surface area contributed by atoms with E-state index in [0.29, 0.717) is 12.3 Å². The van der Waals surface area contributed by atoms with Crippen LogP contribution in [0.25, 0.3) is 0 Å². The molecule has 2 aromatic carbocycles. The smallest absolute Gasteiger partial charge is 0.232 e. The molecule has 1 atom stereocenters. The second kappa shape index (κ2) is 6.44. The SMILES string of the molecule is CC(C)c1ccc(C(C)(Cc2ccccc2)C(=O)Cl)cc1. The highest BCUT2D eigenvalue weighted by Gasteiger charge is 2.34. The first-order valence-electron chi connectivity index (χ1n) is 7.28. The Balaban J connectivity index is 2.35. The quantitative estimate of drug-likeness (QED) is 0.704. The monoisotopic (exact) mass is 300 g/mol. The van der Waals surface area contributed by atoms with E-state index in [0.717, 1.165) is 11.1 Å². The van der Waals surface area contributed by atoms with Crippen molar-refractivity contribution < 1.29 is 4.79 Å². The molecule has 0 bridgehead atoms. The molecule has 0 N–H and O–H groups in total. The number of hydrogen-bond acceptors (Lipinski definition) is 1. The van der Waals surface area contributed by atoms with Crippen LogP contribution in [0.5, 0.6) is 0 Å². The van der Waals surface area contributed by atoms with E-state index < -0.39 is 5.41 Å². The van der Waals surface area contributed by atoms with E-state index in [1.54, 1.807) is 0 Å². The van der Waals surface area contributed by atoms with Crippen molar-refractivity contribution in [1.29, 1.82) is 0 Å². The highest BCUT2D eigenvalue weighted by atomic mass is 35.5. The lowest BCUT2D eigenvalue weighted by Crippen LogP contribution is -2.31. The molecular formula is C19H21ClO. The van der Waals surface area contributed by atoms with Gasteiger partial charge in [-0.25, -0.2) is 0 Å². The van der Waals surface area contributed by atoms with Crippen molar-refractivity contribution in [3.8, 4) is 0 Å². The van der Waals surface area contributed by atoms with Crippen LogP contribution >= 0.6 is 11.6 Å². The fourth-order valence-corrected chi connectivity index (χ4v) is 2.70. The molecule has 110 valence electrons. The predicted molar refractivity (Wildman–Crippen MR) is 88.9 cm³/mol. The molecule has 0 heterocycles. The molecule has 0 amide bonds. The number of halogens is 1. The summed E-state index contributed by atoms with van der Waals surface area (Å²) in [5.74, 6) is 0.478. The lowest BCUT2D eigenvalue weighted by molar-refractivity contribution is -0.116. The summed E-state index contributed by atoms with van der Waals surface area (Å²) in [5, 5.41) is -0.316. The van der Waals surface area contributed by atoms with Gasteiger partial charge in [-0.2, -0.15) is 0 Å². The highest BCUT2D eigenvalue weighted by Crippen LogP contribution is 2.31. The summed E-state index contributed by atoms with van der Waals surface area (Å²) in [4.78, 5) is 12.1. The Morgan fingerprint density at radius 3 is 2.10 bits per heavy atom. The maximum atomic E-state index is 12.1. The first-order chi connectivity index (χ1) is 9.93. The van der Waals surface area contributed by atoms with Crippen LogP contribution in [0, 0.1) is 0 Å². The maximum Gasteiger partial charge on any atom is 0.232 e. The first kappa shape index (κ1) is 15.8. The van der Waals surface area contributed by atoms with Crippen LogP contribution in [0.2, 0.25) is 0 Å². The second-order valence-corrected chi connectivity index (χ2v) is 6.39. The average Bonchev–Trinajstić information content (AvgIpc) is 2.48. The lowest BCUT2D eigenvalue weighted by atomic mass is 9.78. The van der Waals surface area contributed by atoms with Gasteiger partial charge in [-0.3, -0.25) is 4.79 Å². The molecule has 2 aromatic rings. The van der Waals surface area contributed by atoms with Crippen LogP contribution in [0.15, 0.2) is 54.6 Å². The van der Waals surface area contributed by atoms with Crippen LogP contribution < -0.4 is 0 Å². The topological polar surface area (TPSA) is 17.1 Å². The predicted octanol–water partition coefficient (Wildman–Crippen LogP) is 5.08. The van der Waals surface area contributed by atoms with Crippen molar-refractivity contribution in [3.63, 3.8) is 0 Å². The third kappa shape index (κ3) is 3.54. The van der Waals surface area contributed by atoms with Gasteiger partial charge in [-0.15, -0.1) is 0 Å². The number of carbonyl (C=O) groups is 1. The molecule has 0 aliphatic carbocycles. The Morgan fingerprint density at radius 2 is 1.62 bits per heavy atom. The van der Waals surface area contributed by atoms with Crippen LogP contribution in [0.1, 0.15) is 43.4 Å². The number of benzene rings is 2. The highest BCUT2D eigenvalue weighted by molar-refractivity contribution is 6.65. The summed E-state index contributed by atoms with van der Waals surface area (Å²) in [6.07, 6.45) is 0.608. The van der Waals surface area contributed by atoms with Gasteiger partial charge in [0.2, 0.25) is 5.24 Å². The first-order valence-corrected chi connectivity index (χ1v) is 7.65. The van der Waals surface area contributed by atoms with Gasteiger partial charge in [0.25, 0.3) is 0 Å². The van der Waals surface area contributed by atoms with Crippen molar-refractivity contribution in [3.05, 3.63) is 71.3 Å². The van der Waals surface area contributed by atoms with E-state index in [9.17, 15) is 4.79 Å². The Bertz CT molecular complexity index is 601. The Hall–Kier alpha value is -1.60. The second-order valence-electron chi connectivity index (χ2n) is 6.04.